The number of hydrogen-bond acceptors (Lipinski definition) is 7. The van der Waals surface area contributed by atoms with E-state index >= 15 is 0 Å². The molecule has 0 atom stereocenters. The summed E-state index contributed by atoms with van der Waals surface area (Å²) in [5.74, 6) is -1.07. The van der Waals surface area contributed by atoms with Crippen LogP contribution in [0.4, 0.5) is 10.8 Å². The molecule has 11 heteroatoms. The third kappa shape index (κ3) is 3.77. The molecule has 0 fully saturated rings. The molecule has 0 saturated carbocycles. The molecule has 0 unspecified atom stereocenters. The average Bonchev–Trinajstić information content (AvgIpc) is 2.84. The smallest absolute Gasteiger partial charge is 0.309 e. The Balaban J connectivity index is 2.18. The second-order valence-corrected chi connectivity index (χ2v) is 6.61. The minimum absolute atomic E-state index is 0.0228. The van der Waals surface area contributed by atoms with E-state index in [4.69, 9.17) is 5.11 Å². The van der Waals surface area contributed by atoms with Crippen LogP contribution < -0.4 is 4.72 Å². The highest BCUT2D eigenvalue weighted by atomic mass is 32.2. The van der Waals surface area contributed by atoms with Gasteiger partial charge in [0.05, 0.1) is 21.9 Å². The van der Waals surface area contributed by atoms with Crippen LogP contribution in [0.1, 0.15) is 5.69 Å². The number of benzene rings is 1. The fourth-order valence-electron chi connectivity index (χ4n) is 1.51. The van der Waals surface area contributed by atoms with Gasteiger partial charge in [-0.25, -0.2) is 13.4 Å². The zero-order valence-corrected chi connectivity index (χ0v) is 12.4. The summed E-state index contributed by atoms with van der Waals surface area (Å²) < 4.78 is 26.4. The molecule has 22 heavy (non-hydrogen) atoms. The van der Waals surface area contributed by atoms with Crippen LogP contribution in [0.25, 0.3) is 0 Å². The summed E-state index contributed by atoms with van der Waals surface area (Å²) >= 11 is 0.948. The lowest BCUT2D eigenvalue weighted by Gasteiger charge is -2.04. The van der Waals surface area contributed by atoms with Gasteiger partial charge in [-0.05, 0) is 12.1 Å². The van der Waals surface area contributed by atoms with Crippen LogP contribution in [-0.4, -0.2) is 29.4 Å². The maximum absolute atomic E-state index is 12.1. The standard InChI is InChI=1S/C11H9N3O6S2/c15-10(16)5-7-6-21-11(12-7)13-22(19,20)9-3-1-8(2-4-9)14(17)18/h1-4,6H,5H2,(H,12,13)(H,15,16). The van der Waals surface area contributed by atoms with Crippen molar-refractivity contribution in [3.05, 3.63) is 45.5 Å². The highest BCUT2D eigenvalue weighted by Crippen LogP contribution is 2.22. The van der Waals surface area contributed by atoms with Crippen LogP contribution in [0.2, 0.25) is 0 Å². The Morgan fingerprint density at radius 1 is 1.36 bits per heavy atom. The van der Waals surface area contributed by atoms with Gasteiger partial charge in [-0.15, -0.1) is 11.3 Å². The van der Waals surface area contributed by atoms with Gasteiger partial charge in [0.15, 0.2) is 5.13 Å². The number of thiazole rings is 1. The first-order valence-corrected chi connectivity index (χ1v) is 8.08. The third-order valence-electron chi connectivity index (χ3n) is 2.46. The van der Waals surface area contributed by atoms with Crippen molar-refractivity contribution in [2.45, 2.75) is 11.3 Å². The minimum atomic E-state index is -3.94. The largest absolute Gasteiger partial charge is 0.481 e. The van der Waals surface area contributed by atoms with E-state index in [1.54, 1.807) is 0 Å². The minimum Gasteiger partial charge on any atom is -0.481 e. The molecule has 0 aliphatic heterocycles. The number of sulfonamides is 1. The first kappa shape index (κ1) is 15.9. The topological polar surface area (TPSA) is 140 Å². The Labute approximate surface area is 128 Å². The summed E-state index contributed by atoms with van der Waals surface area (Å²) in [5.41, 5.74) is 0.0100. The zero-order chi connectivity index (χ0) is 16.3. The number of aliphatic carboxylic acids is 1. The predicted molar refractivity (Wildman–Crippen MR) is 77.4 cm³/mol. The number of nitro groups is 1. The lowest BCUT2D eigenvalue weighted by atomic mass is 10.3. The highest BCUT2D eigenvalue weighted by Gasteiger charge is 2.18. The van der Waals surface area contributed by atoms with Gasteiger partial charge in [-0.3, -0.25) is 19.6 Å². The van der Waals surface area contributed by atoms with Crippen molar-refractivity contribution in [2.75, 3.05) is 4.72 Å². The molecule has 0 saturated heterocycles. The zero-order valence-electron chi connectivity index (χ0n) is 10.8. The van der Waals surface area contributed by atoms with E-state index in [-0.39, 0.29) is 27.8 Å². The van der Waals surface area contributed by atoms with Crippen molar-refractivity contribution in [3.8, 4) is 0 Å². The Bertz CT molecular complexity index is 813. The fourth-order valence-corrected chi connectivity index (χ4v) is 3.47. The number of carboxylic acid groups (broad SMARTS) is 1. The van der Waals surface area contributed by atoms with Crippen molar-refractivity contribution in [3.63, 3.8) is 0 Å². The van der Waals surface area contributed by atoms with Crippen molar-refractivity contribution in [1.82, 2.24) is 4.98 Å². The van der Waals surface area contributed by atoms with Gasteiger partial charge < -0.3 is 5.11 Å². The van der Waals surface area contributed by atoms with Gasteiger partial charge in [0.2, 0.25) is 0 Å². The van der Waals surface area contributed by atoms with Crippen LogP contribution in [0.5, 0.6) is 0 Å². The molecule has 1 aromatic carbocycles. The van der Waals surface area contributed by atoms with E-state index in [2.05, 4.69) is 9.71 Å². The summed E-state index contributed by atoms with van der Waals surface area (Å²) in [6, 6.07) is 4.36. The molecule has 0 aliphatic rings. The third-order valence-corrected chi connectivity index (χ3v) is 4.75. The molecule has 0 radical (unpaired) electrons. The van der Waals surface area contributed by atoms with Crippen LogP contribution in [0.3, 0.4) is 0 Å². The molecule has 9 nitrogen and oxygen atoms in total. The van der Waals surface area contributed by atoms with Gasteiger partial charge >= 0.3 is 5.97 Å². The predicted octanol–water partition coefficient (Wildman–Crippen LogP) is 1.48. The fraction of sp³-hybridized carbons (Fsp3) is 0.0909. The summed E-state index contributed by atoms with van der Waals surface area (Å²) in [7, 11) is -3.94. The average molecular weight is 343 g/mol. The van der Waals surface area contributed by atoms with Crippen molar-refractivity contribution < 1.29 is 23.2 Å². The normalized spacial score (nSPS) is 11.1. The van der Waals surface area contributed by atoms with E-state index in [1.807, 2.05) is 0 Å². The number of nitrogens with zero attached hydrogens (tertiary/aromatic N) is 2. The Morgan fingerprint density at radius 3 is 2.55 bits per heavy atom. The second kappa shape index (κ2) is 6.07. The van der Waals surface area contributed by atoms with Crippen LogP contribution in [0.15, 0.2) is 34.5 Å². The molecule has 116 valence electrons. The maximum Gasteiger partial charge on any atom is 0.309 e. The molecule has 2 N–H and O–H groups in total. The van der Waals surface area contributed by atoms with E-state index < -0.39 is 20.9 Å². The van der Waals surface area contributed by atoms with E-state index in [9.17, 15) is 23.3 Å². The van der Waals surface area contributed by atoms with Gasteiger partial charge in [-0.1, -0.05) is 0 Å². The Hall–Kier alpha value is -2.53. The number of nitro benzene ring substituents is 1. The number of rotatable bonds is 6. The molecular weight excluding hydrogens is 334 g/mol. The highest BCUT2D eigenvalue weighted by molar-refractivity contribution is 7.93. The number of nitrogens with one attached hydrogen (secondary N) is 1. The van der Waals surface area contributed by atoms with E-state index in [1.165, 1.54) is 5.38 Å². The molecule has 1 aromatic heterocycles. The van der Waals surface area contributed by atoms with Crippen molar-refractivity contribution >= 4 is 38.1 Å². The molecule has 0 bridgehead atoms. The van der Waals surface area contributed by atoms with Crippen molar-refractivity contribution in [1.29, 1.82) is 0 Å². The monoisotopic (exact) mass is 343 g/mol. The maximum atomic E-state index is 12.1. The number of aromatic nitrogens is 1. The summed E-state index contributed by atoms with van der Waals surface area (Å²) in [5, 5.41) is 20.6. The molecule has 0 aliphatic carbocycles. The SMILES string of the molecule is O=C(O)Cc1csc(NS(=O)(=O)c2ccc([N+](=O)[O-])cc2)n1. The molecule has 2 rings (SSSR count). The summed E-state index contributed by atoms with van der Waals surface area (Å²) in [6.45, 7) is 0. The Kier molecular flexibility index (Phi) is 4.37. The summed E-state index contributed by atoms with van der Waals surface area (Å²) in [4.78, 5) is 24.1. The summed E-state index contributed by atoms with van der Waals surface area (Å²) in [6.07, 6.45) is -0.310. The molecule has 2 aromatic rings. The molecule has 0 amide bonds. The van der Waals surface area contributed by atoms with E-state index in [0.29, 0.717) is 0 Å². The molecule has 1 heterocycles. The van der Waals surface area contributed by atoms with Gasteiger partial charge in [0.1, 0.15) is 0 Å². The van der Waals surface area contributed by atoms with Gasteiger partial charge in [0, 0.05) is 17.5 Å². The molecular formula is C11H9N3O6S2. The van der Waals surface area contributed by atoms with Crippen LogP contribution >= 0.6 is 11.3 Å². The van der Waals surface area contributed by atoms with Crippen molar-refractivity contribution in [2.24, 2.45) is 0 Å². The second-order valence-electron chi connectivity index (χ2n) is 4.07. The van der Waals surface area contributed by atoms with Gasteiger partial charge in [-0.2, -0.15) is 0 Å². The van der Waals surface area contributed by atoms with E-state index in [0.717, 1.165) is 35.6 Å². The molecule has 0 spiro atoms. The first-order chi connectivity index (χ1) is 10.3. The van der Waals surface area contributed by atoms with Crippen LogP contribution in [0, 0.1) is 10.1 Å². The number of carbonyl (C=O) groups is 1. The quantitative estimate of drug-likeness (QED) is 0.598. The van der Waals surface area contributed by atoms with Gasteiger partial charge in [0.25, 0.3) is 15.7 Å². The first-order valence-electron chi connectivity index (χ1n) is 5.71. The Morgan fingerprint density at radius 2 is 2.00 bits per heavy atom. The number of non-ortho nitro benzene ring substituents is 1. The lowest BCUT2D eigenvalue weighted by molar-refractivity contribution is -0.384. The van der Waals surface area contributed by atoms with Crippen LogP contribution in [-0.2, 0) is 21.2 Å². The number of carboxylic acids is 1. The number of hydrogen-bond donors (Lipinski definition) is 2. The lowest BCUT2D eigenvalue weighted by Crippen LogP contribution is -2.13. The number of anilines is 1.